The van der Waals surface area contributed by atoms with E-state index in [1.165, 1.54) is 19.1 Å². The van der Waals surface area contributed by atoms with E-state index in [4.69, 9.17) is 0 Å². The fourth-order valence-electron chi connectivity index (χ4n) is 1.49. The summed E-state index contributed by atoms with van der Waals surface area (Å²) in [7, 11) is 0. The molecule has 0 atom stereocenters. The first kappa shape index (κ1) is 9.52. The van der Waals surface area contributed by atoms with Crippen molar-refractivity contribution in [2.45, 2.75) is 6.92 Å². The SMILES string of the molecule is CC(=O)c1ccc2cc(O)c(O)cc2c1. The molecule has 0 spiro atoms. The zero-order valence-electron chi connectivity index (χ0n) is 8.19. The van der Waals surface area contributed by atoms with Gasteiger partial charge in [0, 0.05) is 5.56 Å². The highest BCUT2D eigenvalue weighted by molar-refractivity contribution is 5.99. The average molecular weight is 202 g/mol. The van der Waals surface area contributed by atoms with E-state index in [1.807, 2.05) is 0 Å². The molecule has 0 radical (unpaired) electrons. The van der Waals surface area contributed by atoms with Crippen molar-refractivity contribution in [1.82, 2.24) is 0 Å². The van der Waals surface area contributed by atoms with Gasteiger partial charge < -0.3 is 10.2 Å². The second-order valence-corrected chi connectivity index (χ2v) is 3.46. The summed E-state index contributed by atoms with van der Waals surface area (Å²) < 4.78 is 0. The van der Waals surface area contributed by atoms with Crippen molar-refractivity contribution in [3.05, 3.63) is 35.9 Å². The quantitative estimate of drug-likeness (QED) is 0.551. The third-order valence-electron chi connectivity index (χ3n) is 2.34. The minimum Gasteiger partial charge on any atom is -0.504 e. The van der Waals surface area contributed by atoms with Gasteiger partial charge in [-0.05, 0) is 35.9 Å². The van der Waals surface area contributed by atoms with Gasteiger partial charge in [-0.3, -0.25) is 4.79 Å². The van der Waals surface area contributed by atoms with Crippen LogP contribution in [0.4, 0.5) is 0 Å². The summed E-state index contributed by atoms with van der Waals surface area (Å²) in [5.74, 6) is -0.356. The highest BCUT2D eigenvalue weighted by atomic mass is 16.3. The molecule has 0 heterocycles. The molecule has 0 aliphatic carbocycles. The first-order chi connectivity index (χ1) is 7.08. The maximum Gasteiger partial charge on any atom is 0.159 e. The third-order valence-corrected chi connectivity index (χ3v) is 2.34. The summed E-state index contributed by atoms with van der Waals surface area (Å²) in [6.07, 6.45) is 0. The Morgan fingerprint density at radius 3 is 2.20 bits per heavy atom. The predicted molar refractivity (Wildman–Crippen MR) is 57.3 cm³/mol. The number of hydrogen-bond acceptors (Lipinski definition) is 3. The minimum atomic E-state index is -0.178. The number of ketones is 1. The van der Waals surface area contributed by atoms with Crippen LogP contribution in [0.25, 0.3) is 10.8 Å². The number of phenols is 2. The summed E-state index contributed by atoms with van der Waals surface area (Å²) in [4.78, 5) is 11.1. The predicted octanol–water partition coefficient (Wildman–Crippen LogP) is 2.45. The molecule has 0 aliphatic rings. The minimum absolute atomic E-state index is 0.0236. The topological polar surface area (TPSA) is 57.5 Å². The smallest absolute Gasteiger partial charge is 0.159 e. The monoisotopic (exact) mass is 202 g/mol. The van der Waals surface area contributed by atoms with Gasteiger partial charge in [0.2, 0.25) is 0 Å². The molecule has 0 saturated carbocycles. The average Bonchev–Trinajstić information content (AvgIpc) is 2.19. The number of aromatic hydroxyl groups is 2. The Balaban J connectivity index is 2.72. The number of benzene rings is 2. The lowest BCUT2D eigenvalue weighted by Gasteiger charge is -2.03. The maximum absolute atomic E-state index is 11.1. The second-order valence-electron chi connectivity index (χ2n) is 3.46. The van der Waals surface area contributed by atoms with E-state index in [0.717, 1.165) is 10.8 Å². The van der Waals surface area contributed by atoms with E-state index >= 15 is 0 Å². The first-order valence-corrected chi connectivity index (χ1v) is 4.54. The fourth-order valence-corrected chi connectivity index (χ4v) is 1.49. The number of carbonyl (C=O) groups is 1. The molecule has 2 rings (SSSR count). The van der Waals surface area contributed by atoms with E-state index in [-0.39, 0.29) is 17.3 Å². The molecule has 76 valence electrons. The lowest BCUT2D eigenvalue weighted by molar-refractivity contribution is 0.101. The molecule has 0 saturated heterocycles. The van der Waals surface area contributed by atoms with Crippen LogP contribution in [0.1, 0.15) is 17.3 Å². The molecule has 0 unspecified atom stereocenters. The van der Waals surface area contributed by atoms with Crippen molar-refractivity contribution in [2.75, 3.05) is 0 Å². The van der Waals surface area contributed by atoms with E-state index < -0.39 is 0 Å². The number of phenolic OH excluding ortho intramolecular Hbond substituents is 2. The Labute approximate surface area is 86.6 Å². The van der Waals surface area contributed by atoms with E-state index in [2.05, 4.69) is 0 Å². The van der Waals surface area contributed by atoms with Crippen LogP contribution >= 0.6 is 0 Å². The lowest BCUT2D eigenvalue weighted by Crippen LogP contribution is -1.90. The van der Waals surface area contributed by atoms with Crippen LogP contribution in [0, 0.1) is 0 Å². The highest BCUT2D eigenvalue weighted by Crippen LogP contribution is 2.30. The number of carbonyl (C=O) groups excluding carboxylic acids is 1. The second kappa shape index (κ2) is 3.28. The maximum atomic E-state index is 11.1. The summed E-state index contributed by atoms with van der Waals surface area (Å²) in [6.45, 7) is 1.49. The van der Waals surface area contributed by atoms with Crippen molar-refractivity contribution >= 4 is 16.6 Å². The molecule has 2 aromatic rings. The van der Waals surface area contributed by atoms with Crippen LogP contribution < -0.4 is 0 Å². The molecule has 0 fully saturated rings. The van der Waals surface area contributed by atoms with Crippen LogP contribution in [-0.2, 0) is 0 Å². The Morgan fingerprint density at radius 2 is 1.60 bits per heavy atom. The summed E-state index contributed by atoms with van der Waals surface area (Å²) in [6, 6.07) is 8.04. The van der Waals surface area contributed by atoms with Gasteiger partial charge in [-0.2, -0.15) is 0 Å². The Hall–Kier alpha value is -2.03. The van der Waals surface area contributed by atoms with Crippen LogP contribution in [0.15, 0.2) is 30.3 Å². The molecule has 15 heavy (non-hydrogen) atoms. The zero-order valence-corrected chi connectivity index (χ0v) is 8.19. The molecule has 2 aromatic carbocycles. The Morgan fingerprint density at radius 1 is 1.00 bits per heavy atom. The van der Waals surface area contributed by atoms with Gasteiger partial charge in [-0.25, -0.2) is 0 Å². The van der Waals surface area contributed by atoms with E-state index in [1.54, 1.807) is 18.2 Å². The van der Waals surface area contributed by atoms with Crippen molar-refractivity contribution < 1.29 is 15.0 Å². The molecular formula is C12H10O3. The highest BCUT2D eigenvalue weighted by Gasteiger charge is 2.04. The normalized spacial score (nSPS) is 10.5. The molecule has 3 nitrogen and oxygen atoms in total. The van der Waals surface area contributed by atoms with Gasteiger partial charge in [-0.15, -0.1) is 0 Å². The van der Waals surface area contributed by atoms with Crippen molar-refractivity contribution in [3.8, 4) is 11.5 Å². The molecule has 3 heteroatoms. The van der Waals surface area contributed by atoms with Gasteiger partial charge in [-0.1, -0.05) is 12.1 Å². The standard InChI is InChI=1S/C12H10O3/c1-7(13)8-2-3-9-5-11(14)12(15)6-10(9)4-8/h2-6,14-15H,1H3. The van der Waals surface area contributed by atoms with Gasteiger partial charge in [0.05, 0.1) is 0 Å². The molecule has 0 aromatic heterocycles. The molecule has 0 bridgehead atoms. The largest absolute Gasteiger partial charge is 0.504 e. The summed E-state index contributed by atoms with van der Waals surface area (Å²) in [5.41, 5.74) is 0.590. The molecule has 0 amide bonds. The van der Waals surface area contributed by atoms with Gasteiger partial charge >= 0.3 is 0 Å². The van der Waals surface area contributed by atoms with Crippen LogP contribution in [0.5, 0.6) is 11.5 Å². The number of rotatable bonds is 1. The van der Waals surface area contributed by atoms with Crippen molar-refractivity contribution in [2.24, 2.45) is 0 Å². The van der Waals surface area contributed by atoms with E-state index in [0.29, 0.717) is 5.56 Å². The number of Topliss-reactive ketones (excluding diaryl/α,β-unsaturated/α-hetero) is 1. The van der Waals surface area contributed by atoms with Gasteiger partial charge in [0.15, 0.2) is 17.3 Å². The zero-order chi connectivity index (χ0) is 11.0. The first-order valence-electron chi connectivity index (χ1n) is 4.54. The van der Waals surface area contributed by atoms with Crippen molar-refractivity contribution in [3.63, 3.8) is 0 Å². The Kier molecular flexibility index (Phi) is 2.08. The molecular weight excluding hydrogens is 192 g/mol. The molecule has 0 aliphatic heterocycles. The Bertz CT molecular complexity index is 544. The third kappa shape index (κ3) is 1.64. The van der Waals surface area contributed by atoms with Crippen LogP contribution in [-0.4, -0.2) is 16.0 Å². The summed E-state index contributed by atoms with van der Waals surface area (Å²) in [5, 5.41) is 20.1. The molecule has 2 N–H and O–H groups in total. The fraction of sp³-hybridized carbons (Fsp3) is 0.0833. The van der Waals surface area contributed by atoms with Gasteiger partial charge in [0.1, 0.15) is 0 Å². The van der Waals surface area contributed by atoms with E-state index in [9.17, 15) is 15.0 Å². The van der Waals surface area contributed by atoms with Gasteiger partial charge in [0.25, 0.3) is 0 Å². The van der Waals surface area contributed by atoms with Crippen molar-refractivity contribution in [1.29, 1.82) is 0 Å². The lowest BCUT2D eigenvalue weighted by atomic mass is 10.0. The number of hydrogen-bond donors (Lipinski definition) is 2. The van der Waals surface area contributed by atoms with Crippen LogP contribution in [0.2, 0.25) is 0 Å². The van der Waals surface area contributed by atoms with Crippen LogP contribution in [0.3, 0.4) is 0 Å². The summed E-state index contributed by atoms with van der Waals surface area (Å²) >= 11 is 0. The number of fused-ring (bicyclic) bond motifs is 1.